The van der Waals surface area contributed by atoms with Crippen LogP contribution in [0.15, 0.2) is 0 Å². The van der Waals surface area contributed by atoms with Crippen LogP contribution in [0.3, 0.4) is 0 Å². The summed E-state index contributed by atoms with van der Waals surface area (Å²) in [4.78, 5) is 11.5. The Balaban J connectivity index is 1.64. The molecule has 2 fully saturated rings. The van der Waals surface area contributed by atoms with E-state index in [1.54, 1.807) is 0 Å². The van der Waals surface area contributed by atoms with Crippen LogP contribution in [0.5, 0.6) is 0 Å². The number of rotatable bonds is 3. The summed E-state index contributed by atoms with van der Waals surface area (Å²) in [6.45, 7) is 2.12. The molecule has 3 heteroatoms. The molecule has 0 aromatic rings. The molecule has 0 saturated heterocycles. The highest BCUT2D eigenvalue weighted by Gasteiger charge is 2.26. The second kappa shape index (κ2) is 4.20. The Bertz CT molecular complexity index is 209. The van der Waals surface area contributed by atoms with Gasteiger partial charge in [-0.1, -0.05) is 6.42 Å². The van der Waals surface area contributed by atoms with Crippen LogP contribution in [-0.2, 0) is 0 Å². The summed E-state index contributed by atoms with van der Waals surface area (Å²) in [6, 6.07) is 0.835. The Kier molecular flexibility index (Phi) is 2.94. The summed E-state index contributed by atoms with van der Waals surface area (Å²) < 4.78 is 0. The number of hydrogen-bond acceptors (Lipinski definition) is 1. The first-order valence-electron chi connectivity index (χ1n) is 5.83. The van der Waals surface area contributed by atoms with Gasteiger partial charge in [0.15, 0.2) is 0 Å². The topological polar surface area (TPSA) is 41.1 Å². The normalized spacial score (nSPS) is 24.6. The molecule has 0 aromatic carbocycles. The van der Waals surface area contributed by atoms with E-state index in [1.807, 2.05) is 0 Å². The molecule has 0 aliphatic heterocycles. The molecule has 0 aromatic heterocycles. The standard InChI is InChI=1S/C11H20N2O/c1-8(9-4-2-5-9)12-11(14)13-10-6-3-7-10/h8-10H,2-7H2,1H3,(H2,12,13,14). The maximum atomic E-state index is 11.5. The van der Waals surface area contributed by atoms with E-state index >= 15 is 0 Å². The van der Waals surface area contributed by atoms with Gasteiger partial charge in [-0.2, -0.15) is 0 Å². The first-order valence-corrected chi connectivity index (χ1v) is 5.83. The summed E-state index contributed by atoms with van der Waals surface area (Å²) in [6.07, 6.45) is 7.48. The number of hydrogen-bond donors (Lipinski definition) is 2. The smallest absolute Gasteiger partial charge is 0.315 e. The fourth-order valence-corrected chi connectivity index (χ4v) is 2.04. The van der Waals surface area contributed by atoms with Gasteiger partial charge < -0.3 is 10.6 Å². The van der Waals surface area contributed by atoms with E-state index in [4.69, 9.17) is 0 Å². The minimum Gasteiger partial charge on any atom is -0.335 e. The van der Waals surface area contributed by atoms with E-state index in [0.29, 0.717) is 12.1 Å². The van der Waals surface area contributed by atoms with Gasteiger partial charge in [0, 0.05) is 12.1 Å². The van der Waals surface area contributed by atoms with Crippen LogP contribution in [-0.4, -0.2) is 18.1 Å². The molecule has 1 atom stereocenters. The van der Waals surface area contributed by atoms with Crippen LogP contribution < -0.4 is 10.6 Å². The Morgan fingerprint density at radius 3 is 2.29 bits per heavy atom. The highest BCUT2D eigenvalue weighted by molar-refractivity contribution is 5.74. The van der Waals surface area contributed by atoms with E-state index in [2.05, 4.69) is 17.6 Å². The third kappa shape index (κ3) is 2.20. The van der Waals surface area contributed by atoms with Crippen molar-refractivity contribution in [2.24, 2.45) is 5.92 Å². The molecular formula is C11H20N2O. The fourth-order valence-electron chi connectivity index (χ4n) is 2.04. The molecule has 2 rings (SSSR count). The average molecular weight is 196 g/mol. The van der Waals surface area contributed by atoms with Gasteiger partial charge in [-0.3, -0.25) is 0 Å². The molecule has 80 valence electrons. The van der Waals surface area contributed by atoms with E-state index in [0.717, 1.165) is 18.8 Å². The summed E-state index contributed by atoms with van der Waals surface area (Å²) in [5, 5.41) is 6.03. The fraction of sp³-hybridized carbons (Fsp3) is 0.909. The summed E-state index contributed by atoms with van der Waals surface area (Å²) in [5.74, 6) is 0.724. The van der Waals surface area contributed by atoms with Crippen LogP contribution in [0.1, 0.15) is 45.4 Å². The second-order valence-electron chi connectivity index (χ2n) is 4.73. The van der Waals surface area contributed by atoms with Crippen molar-refractivity contribution in [1.29, 1.82) is 0 Å². The van der Waals surface area contributed by atoms with Crippen LogP contribution in [0.25, 0.3) is 0 Å². The molecule has 0 bridgehead atoms. The zero-order valence-corrected chi connectivity index (χ0v) is 8.88. The third-order valence-corrected chi connectivity index (χ3v) is 3.66. The molecule has 0 radical (unpaired) electrons. The predicted molar refractivity (Wildman–Crippen MR) is 56.1 cm³/mol. The van der Waals surface area contributed by atoms with Gasteiger partial charge in [0.2, 0.25) is 0 Å². The molecular weight excluding hydrogens is 176 g/mol. The quantitative estimate of drug-likeness (QED) is 0.712. The molecule has 3 nitrogen and oxygen atoms in total. The van der Waals surface area contributed by atoms with Gasteiger partial charge in [-0.25, -0.2) is 4.79 Å². The largest absolute Gasteiger partial charge is 0.335 e. The predicted octanol–water partition coefficient (Wildman–Crippen LogP) is 2.03. The summed E-state index contributed by atoms with van der Waals surface area (Å²) >= 11 is 0. The SMILES string of the molecule is CC(NC(=O)NC1CCC1)C1CCC1. The third-order valence-electron chi connectivity index (χ3n) is 3.66. The average Bonchev–Trinajstić information content (AvgIpc) is 1.93. The highest BCUT2D eigenvalue weighted by Crippen LogP contribution is 2.29. The van der Waals surface area contributed by atoms with Crippen LogP contribution >= 0.6 is 0 Å². The van der Waals surface area contributed by atoms with Crippen molar-refractivity contribution in [2.75, 3.05) is 0 Å². The van der Waals surface area contributed by atoms with Gasteiger partial charge in [0.1, 0.15) is 0 Å². The number of carbonyl (C=O) groups excluding carboxylic acids is 1. The first kappa shape index (κ1) is 9.81. The maximum absolute atomic E-state index is 11.5. The van der Waals surface area contributed by atoms with Crippen molar-refractivity contribution in [3.63, 3.8) is 0 Å². The lowest BCUT2D eigenvalue weighted by atomic mass is 9.80. The molecule has 2 aliphatic carbocycles. The minimum atomic E-state index is 0.0362. The molecule has 0 heterocycles. The lowest BCUT2D eigenvalue weighted by Gasteiger charge is -2.33. The Morgan fingerprint density at radius 1 is 1.21 bits per heavy atom. The van der Waals surface area contributed by atoms with Crippen LogP contribution in [0.4, 0.5) is 4.79 Å². The highest BCUT2D eigenvalue weighted by atomic mass is 16.2. The first-order chi connectivity index (χ1) is 6.75. The zero-order chi connectivity index (χ0) is 9.97. The second-order valence-corrected chi connectivity index (χ2v) is 4.73. The van der Waals surface area contributed by atoms with Gasteiger partial charge in [0.25, 0.3) is 0 Å². The molecule has 2 N–H and O–H groups in total. The molecule has 14 heavy (non-hydrogen) atoms. The maximum Gasteiger partial charge on any atom is 0.315 e. The number of carbonyl (C=O) groups is 1. The van der Waals surface area contributed by atoms with Crippen molar-refractivity contribution < 1.29 is 4.79 Å². The Hall–Kier alpha value is -0.730. The van der Waals surface area contributed by atoms with Gasteiger partial charge in [-0.15, -0.1) is 0 Å². The molecule has 0 spiro atoms. The molecule has 2 aliphatic rings. The van der Waals surface area contributed by atoms with Crippen molar-refractivity contribution in [3.05, 3.63) is 0 Å². The summed E-state index contributed by atoms with van der Waals surface area (Å²) in [7, 11) is 0. The number of amides is 2. The zero-order valence-electron chi connectivity index (χ0n) is 8.88. The van der Waals surface area contributed by atoms with Gasteiger partial charge in [0.05, 0.1) is 0 Å². The minimum absolute atomic E-state index is 0.0362. The van der Waals surface area contributed by atoms with E-state index in [9.17, 15) is 4.79 Å². The lowest BCUT2D eigenvalue weighted by Crippen LogP contribution is -2.50. The Labute approximate surface area is 85.6 Å². The van der Waals surface area contributed by atoms with E-state index in [-0.39, 0.29) is 6.03 Å². The van der Waals surface area contributed by atoms with Crippen LogP contribution in [0.2, 0.25) is 0 Å². The lowest BCUT2D eigenvalue weighted by molar-refractivity contribution is 0.205. The van der Waals surface area contributed by atoms with Crippen molar-refractivity contribution in [2.45, 2.75) is 57.5 Å². The van der Waals surface area contributed by atoms with Crippen LogP contribution in [0, 0.1) is 5.92 Å². The van der Waals surface area contributed by atoms with Gasteiger partial charge >= 0.3 is 6.03 Å². The van der Waals surface area contributed by atoms with Crippen molar-refractivity contribution in [3.8, 4) is 0 Å². The number of urea groups is 1. The Morgan fingerprint density at radius 2 is 1.86 bits per heavy atom. The number of nitrogens with one attached hydrogen (secondary N) is 2. The van der Waals surface area contributed by atoms with Crippen molar-refractivity contribution in [1.82, 2.24) is 10.6 Å². The van der Waals surface area contributed by atoms with E-state index in [1.165, 1.54) is 25.7 Å². The van der Waals surface area contributed by atoms with E-state index < -0.39 is 0 Å². The van der Waals surface area contributed by atoms with Crippen molar-refractivity contribution >= 4 is 6.03 Å². The summed E-state index contributed by atoms with van der Waals surface area (Å²) in [5.41, 5.74) is 0. The molecule has 2 saturated carbocycles. The monoisotopic (exact) mass is 196 g/mol. The molecule has 1 unspecified atom stereocenters. The molecule has 2 amide bonds. The van der Waals surface area contributed by atoms with Gasteiger partial charge in [-0.05, 0) is 44.9 Å².